The molecular weight excluding hydrogens is 202 g/mol. The van der Waals surface area contributed by atoms with Gasteiger partial charge in [0.2, 0.25) is 0 Å². The minimum Gasteiger partial charge on any atom is -0.398 e. The predicted octanol–water partition coefficient (Wildman–Crippen LogP) is 1.18. The van der Waals surface area contributed by atoms with Gasteiger partial charge in [-0.25, -0.2) is 0 Å². The fourth-order valence-electron chi connectivity index (χ4n) is 1.52. The molecule has 0 aliphatic carbocycles. The van der Waals surface area contributed by atoms with Crippen LogP contribution in [0.3, 0.4) is 0 Å². The summed E-state index contributed by atoms with van der Waals surface area (Å²) in [7, 11) is 0. The minimum atomic E-state index is -0.0701. The van der Waals surface area contributed by atoms with Crippen LogP contribution in [0.15, 0.2) is 41.5 Å². The quantitative estimate of drug-likeness (QED) is 0.818. The van der Waals surface area contributed by atoms with Crippen LogP contribution in [-0.4, -0.2) is 9.55 Å². The molecule has 0 amide bonds. The standard InChI is InChI=1S/C12H13N3O/c1-9-3-2-6-14-11(9)8-15-7-10(13)4-5-12(15)16/h2-7H,8,13H2,1H3. The highest BCUT2D eigenvalue weighted by molar-refractivity contribution is 5.33. The van der Waals surface area contributed by atoms with Crippen LogP contribution >= 0.6 is 0 Å². The second kappa shape index (κ2) is 4.18. The summed E-state index contributed by atoms with van der Waals surface area (Å²) in [5.74, 6) is 0. The Morgan fingerprint density at radius 3 is 2.94 bits per heavy atom. The third kappa shape index (κ3) is 2.11. The van der Waals surface area contributed by atoms with Gasteiger partial charge < -0.3 is 10.3 Å². The van der Waals surface area contributed by atoms with E-state index in [0.717, 1.165) is 11.3 Å². The van der Waals surface area contributed by atoms with E-state index in [4.69, 9.17) is 5.73 Å². The van der Waals surface area contributed by atoms with Crippen molar-refractivity contribution in [2.45, 2.75) is 13.5 Å². The minimum absolute atomic E-state index is 0.0701. The molecule has 0 unspecified atom stereocenters. The number of rotatable bonds is 2. The smallest absolute Gasteiger partial charge is 0.251 e. The van der Waals surface area contributed by atoms with Crippen molar-refractivity contribution >= 4 is 5.69 Å². The number of nitrogens with zero attached hydrogens (tertiary/aromatic N) is 2. The zero-order chi connectivity index (χ0) is 11.5. The van der Waals surface area contributed by atoms with Crippen molar-refractivity contribution in [1.82, 2.24) is 9.55 Å². The Balaban J connectivity index is 2.38. The van der Waals surface area contributed by atoms with Crippen LogP contribution in [0.2, 0.25) is 0 Å². The Kier molecular flexibility index (Phi) is 2.72. The molecule has 0 aliphatic heterocycles. The number of hydrogen-bond acceptors (Lipinski definition) is 3. The third-order valence-electron chi connectivity index (χ3n) is 2.44. The average molecular weight is 215 g/mol. The first kappa shape index (κ1) is 10.4. The number of anilines is 1. The van der Waals surface area contributed by atoms with Gasteiger partial charge in [0, 0.05) is 24.1 Å². The molecule has 0 aromatic carbocycles. The summed E-state index contributed by atoms with van der Waals surface area (Å²) in [6, 6.07) is 6.92. The van der Waals surface area contributed by atoms with Crippen molar-refractivity contribution in [3.63, 3.8) is 0 Å². The highest BCUT2D eigenvalue weighted by Crippen LogP contribution is 2.05. The molecule has 0 saturated heterocycles. The predicted molar refractivity (Wildman–Crippen MR) is 63.2 cm³/mol. The molecule has 0 atom stereocenters. The molecule has 2 aromatic heterocycles. The molecule has 2 N–H and O–H groups in total. The third-order valence-corrected chi connectivity index (χ3v) is 2.44. The van der Waals surface area contributed by atoms with Crippen LogP contribution in [0.5, 0.6) is 0 Å². The average Bonchev–Trinajstić information content (AvgIpc) is 2.27. The number of hydrogen-bond donors (Lipinski definition) is 1. The Hall–Kier alpha value is -2.10. The fourth-order valence-corrected chi connectivity index (χ4v) is 1.52. The molecule has 82 valence electrons. The van der Waals surface area contributed by atoms with E-state index in [1.807, 2.05) is 19.1 Å². The van der Waals surface area contributed by atoms with E-state index in [-0.39, 0.29) is 5.56 Å². The first-order valence-electron chi connectivity index (χ1n) is 5.03. The molecule has 4 heteroatoms. The molecule has 0 radical (unpaired) electrons. The Labute approximate surface area is 93.4 Å². The second-order valence-corrected chi connectivity index (χ2v) is 3.70. The lowest BCUT2D eigenvalue weighted by atomic mass is 10.2. The molecule has 16 heavy (non-hydrogen) atoms. The monoisotopic (exact) mass is 215 g/mol. The van der Waals surface area contributed by atoms with Gasteiger partial charge in [0.1, 0.15) is 0 Å². The first-order chi connectivity index (χ1) is 7.66. The van der Waals surface area contributed by atoms with Crippen molar-refractivity contribution in [2.75, 3.05) is 5.73 Å². The van der Waals surface area contributed by atoms with Crippen LogP contribution in [0.25, 0.3) is 0 Å². The molecule has 0 fully saturated rings. The van der Waals surface area contributed by atoms with E-state index in [9.17, 15) is 4.79 Å². The van der Waals surface area contributed by atoms with Gasteiger partial charge in [-0.1, -0.05) is 6.07 Å². The number of nitrogen functional groups attached to an aromatic ring is 1. The molecule has 0 bridgehead atoms. The van der Waals surface area contributed by atoms with Gasteiger partial charge in [-0.05, 0) is 24.6 Å². The van der Waals surface area contributed by atoms with E-state index in [1.165, 1.54) is 6.07 Å². The van der Waals surface area contributed by atoms with Crippen molar-refractivity contribution in [3.8, 4) is 0 Å². The van der Waals surface area contributed by atoms with E-state index in [0.29, 0.717) is 12.2 Å². The maximum Gasteiger partial charge on any atom is 0.251 e. The summed E-state index contributed by atoms with van der Waals surface area (Å²) in [6.07, 6.45) is 3.36. The molecule has 0 spiro atoms. The van der Waals surface area contributed by atoms with Gasteiger partial charge in [0.25, 0.3) is 5.56 Å². The topological polar surface area (TPSA) is 60.9 Å². The Morgan fingerprint density at radius 2 is 2.19 bits per heavy atom. The molecule has 0 saturated carbocycles. The van der Waals surface area contributed by atoms with Crippen LogP contribution < -0.4 is 11.3 Å². The maximum atomic E-state index is 11.6. The van der Waals surface area contributed by atoms with Crippen molar-refractivity contribution in [3.05, 3.63) is 58.3 Å². The summed E-state index contributed by atoms with van der Waals surface area (Å²) < 4.78 is 1.56. The van der Waals surface area contributed by atoms with E-state index in [2.05, 4.69) is 4.98 Å². The van der Waals surface area contributed by atoms with E-state index in [1.54, 1.807) is 23.0 Å². The van der Waals surface area contributed by atoms with Gasteiger partial charge >= 0.3 is 0 Å². The fraction of sp³-hybridized carbons (Fsp3) is 0.167. The summed E-state index contributed by atoms with van der Waals surface area (Å²) in [5, 5.41) is 0. The highest BCUT2D eigenvalue weighted by atomic mass is 16.1. The second-order valence-electron chi connectivity index (χ2n) is 3.70. The van der Waals surface area contributed by atoms with Gasteiger partial charge in [0.05, 0.1) is 12.2 Å². The zero-order valence-corrected chi connectivity index (χ0v) is 9.05. The van der Waals surface area contributed by atoms with Gasteiger partial charge in [-0.15, -0.1) is 0 Å². The molecular formula is C12H13N3O. The van der Waals surface area contributed by atoms with Crippen LogP contribution in [-0.2, 0) is 6.54 Å². The molecule has 2 rings (SSSR count). The Bertz CT molecular complexity index is 560. The molecule has 4 nitrogen and oxygen atoms in total. The van der Waals surface area contributed by atoms with E-state index >= 15 is 0 Å². The van der Waals surface area contributed by atoms with E-state index < -0.39 is 0 Å². The lowest BCUT2D eigenvalue weighted by Gasteiger charge is -2.07. The van der Waals surface area contributed by atoms with Crippen molar-refractivity contribution in [1.29, 1.82) is 0 Å². The maximum absolute atomic E-state index is 11.6. The zero-order valence-electron chi connectivity index (χ0n) is 9.05. The summed E-state index contributed by atoms with van der Waals surface area (Å²) in [5.41, 5.74) is 8.10. The summed E-state index contributed by atoms with van der Waals surface area (Å²) in [6.45, 7) is 2.43. The van der Waals surface area contributed by atoms with Gasteiger partial charge in [-0.3, -0.25) is 9.78 Å². The normalized spacial score (nSPS) is 10.3. The SMILES string of the molecule is Cc1cccnc1Cn1cc(N)ccc1=O. The number of nitrogens with two attached hydrogens (primary N) is 1. The van der Waals surface area contributed by atoms with Crippen LogP contribution in [0.4, 0.5) is 5.69 Å². The number of aromatic nitrogens is 2. The highest BCUT2D eigenvalue weighted by Gasteiger charge is 2.02. The largest absolute Gasteiger partial charge is 0.398 e. The summed E-state index contributed by atoms with van der Waals surface area (Å²) in [4.78, 5) is 15.8. The Morgan fingerprint density at radius 1 is 1.38 bits per heavy atom. The number of pyridine rings is 2. The van der Waals surface area contributed by atoms with Crippen molar-refractivity contribution in [2.24, 2.45) is 0 Å². The van der Waals surface area contributed by atoms with Gasteiger partial charge in [0.15, 0.2) is 0 Å². The molecule has 0 aliphatic rings. The van der Waals surface area contributed by atoms with Crippen LogP contribution in [0, 0.1) is 6.92 Å². The summed E-state index contributed by atoms with van der Waals surface area (Å²) >= 11 is 0. The lowest BCUT2D eigenvalue weighted by Crippen LogP contribution is -2.20. The van der Waals surface area contributed by atoms with Crippen molar-refractivity contribution < 1.29 is 0 Å². The van der Waals surface area contributed by atoms with Crippen LogP contribution in [0.1, 0.15) is 11.3 Å². The van der Waals surface area contributed by atoms with Gasteiger partial charge in [-0.2, -0.15) is 0 Å². The first-order valence-corrected chi connectivity index (χ1v) is 5.03. The molecule has 2 aromatic rings. The lowest BCUT2D eigenvalue weighted by molar-refractivity contribution is 0.736. The number of aryl methyl sites for hydroxylation is 1. The molecule has 2 heterocycles.